The maximum Gasteiger partial charge on any atom is 0.168 e. The number of hydrogen-bond acceptors (Lipinski definition) is 6. The van der Waals surface area contributed by atoms with Gasteiger partial charge >= 0.3 is 0 Å². The number of hydrazine groups is 2. The first-order chi connectivity index (χ1) is 17.6. The maximum atomic E-state index is 14.8. The number of Topliss-reactive ketones (excluding diaryl/α,β-unsaturated/α-hetero) is 1. The van der Waals surface area contributed by atoms with Crippen molar-refractivity contribution in [2.45, 2.75) is 77.2 Å². The molecule has 0 bridgehead atoms. The molecule has 1 aromatic rings. The van der Waals surface area contributed by atoms with Crippen molar-refractivity contribution in [1.82, 2.24) is 5.53 Å². The van der Waals surface area contributed by atoms with E-state index in [-0.39, 0.29) is 34.1 Å². The average molecular weight is 534 g/mol. The molecule has 8 atom stereocenters. The van der Waals surface area contributed by atoms with Crippen LogP contribution in [-0.4, -0.2) is 36.8 Å². The van der Waals surface area contributed by atoms with E-state index in [4.69, 9.17) is 16.3 Å². The van der Waals surface area contributed by atoms with E-state index in [0.29, 0.717) is 35.0 Å². The minimum Gasteiger partial charge on any atom is -0.390 e. The number of methoxy groups -OCH3 is 1. The second-order valence-electron chi connectivity index (χ2n) is 13.2. The molecular formula is C29H41ClFN3O3. The molecule has 1 aromatic carbocycles. The van der Waals surface area contributed by atoms with Gasteiger partial charge in [-0.1, -0.05) is 18.5 Å². The number of aliphatic hydroxyl groups is 1. The van der Waals surface area contributed by atoms with Gasteiger partial charge in [0.25, 0.3) is 0 Å². The van der Waals surface area contributed by atoms with Gasteiger partial charge in [-0.2, -0.15) is 0 Å². The molecule has 4 aliphatic carbocycles. The van der Waals surface area contributed by atoms with Gasteiger partial charge in [0.05, 0.1) is 29.5 Å². The third kappa shape index (κ3) is 3.94. The summed E-state index contributed by atoms with van der Waals surface area (Å²) >= 11 is 6.03. The number of carbonyl (C=O) groups excluding carboxylic acids is 1. The molecule has 8 heteroatoms. The van der Waals surface area contributed by atoms with E-state index in [1.54, 1.807) is 11.1 Å². The predicted molar refractivity (Wildman–Crippen MR) is 143 cm³/mol. The summed E-state index contributed by atoms with van der Waals surface area (Å²) in [6, 6.07) is 3.25. The summed E-state index contributed by atoms with van der Waals surface area (Å²) < 4.78 is 20.7. The summed E-state index contributed by atoms with van der Waals surface area (Å²) in [7, 11) is 1.83. The monoisotopic (exact) mass is 533 g/mol. The molecule has 6 nitrogen and oxygen atoms in total. The highest BCUT2D eigenvalue weighted by Gasteiger charge is 2.63. The molecule has 5 aliphatic rings. The molecule has 0 saturated heterocycles. The van der Waals surface area contributed by atoms with E-state index in [1.165, 1.54) is 12.5 Å². The van der Waals surface area contributed by atoms with Crippen molar-refractivity contribution in [1.29, 1.82) is 0 Å². The Labute approximate surface area is 224 Å². The van der Waals surface area contributed by atoms with Gasteiger partial charge in [-0.05, 0) is 111 Å². The molecule has 4 fully saturated rings. The minimum absolute atomic E-state index is 0.0188. The molecule has 3 N–H and O–H groups in total. The lowest BCUT2D eigenvalue weighted by molar-refractivity contribution is -0.175. The normalized spacial score (nSPS) is 42.4. The third-order valence-corrected chi connectivity index (χ3v) is 11.7. The number of fused-ring (bicyclic) bond motifs is 6. The smallest absolute Gasteiger partial charge is 0.168 e. The number of nitrogens with one attached hydrogen (secondary N) is 2. The highest BCUT2D eigenvalue weighted by molar-refractivity contribution is 6.31. The zero-order valence-electron chi connectivity index (χ0n) is 22.3. The first kappa shape index (κ1) is 25.8. The van der Waals surface area contributed by atoms with Crippen LogP contribution < -0.4 is 16.0 Å². The van der Waals surface area contributed by atoms with Crippen LogP contribution in [0.15, 0.2) is 12.1 Å². The number of hydrogen-bond donors (Lipinski definition) is 3. The summed E-state index contributed by atoms with van der Waals surface area (Å²) in [6.45, 7) is 5.25. The minimum atomic E-state index is -0.566. The molecule has 37 heavy (non-hydrogen) atoms. The lowest BCUT2D eigenvalue weighted by Gasteiger charge is -2.62. The zero-order valence-corrected chi connectivity index (χ0v) is 23.0. The van der Waals surface area contributed by atoms with Gasteiger partial charge in [0.1, 0.15) is 5.69 Å². The number of carbonyl (C=O) groups is 1. The third-order valence-electron chi connectivity index (χ3n) is 11.4. The fourth-order valence-corrected chi connectivity index (χ4v) is 9.94. The Morgan fingerprint density at radius 2 is 1.97 bits per heavy atom. The molecule has 1 aliphatic heterocycles. The van der Waals surface area contributed by atoms with E-state index in [0.717, 1.165) is 58.0 Å². The van der Waals surface area contributed by atoms with E-state index in [9.17, 15) is 14.3 Å². The van der Waals surface area contributed by atoms with Crippen LogP contribution in [0.25, 0.3) is 0 Å². The lowest BCUT2D eigenvalue weighted by atomic mass is 9.43. The van der Waals surface area contributed by atoms with Gasteiger partial charge in [-0.25, -0.2) is 4.39 Å². The van der Waals surface area contributed by atoms with Gasteiger partial charge in [-0.15, -0.1) is 5.53 Å². The van der Waals surface area contributed by atoms with Gasteiger partial charge in [0.15, 0.2) is 11.6 Å². The highest BCUT2D eigenvalue weighted by atomic mass is 35.5. The largest absolute Gasteiger partial charge is 0.390 e. The van der Waals surface area contributed by atoms with Crippen molar-refractivity contribution in [3.8, 4) is 0 Å². The first-order valence-electron chi connectivity index (χ1n) is 14.1. The standard InChI is InChI=1S/C29H41ClFN3O3/c1-27(36)12-13-29(16-37-3)17(14-27)4-5-18-19-6-7-21(28(19,2)11-10-20(18)29)24(35)15-34-26-23(32-33-34)9-8-22(30)25(26)31/h8-9,17-21,32-33,36H,4-7,10-16H2,1-3H3/t17-,18+,19?,20?,21-,27-,28+,29-/m1/s1. The number of nitrogens with zero attached hydrogens (tertiary/aromatic N) is 1. The number of benzene rings is 1. The fraction of sp³-hybridized carbons (Fsp3) is 0.759. The average Bonchev–Trinajstić information content (AvgIpc) is 3.42. The Balaban J connectivity index is 1.21. The number of halogens is 2. The highest BCUT2D eigenvalue weighted by Crippen LogP contribution is 2.68. The van der Waals surface area contributed by atoms with Crippen LogP contribution in [0.1, 0.15) is 71.6 Å². The van der Waals surface area contributed by atoms with Gasteiger partial charge in [-0.3, -0.25) is 9.80 Å². The second kappa shape index (κ2) is 9.07. The Morgan fingerprint density at radius 3 is 2.76 bits per heavy atom. The number of rotatable bonds is 5. The SMILES string of the molecule is COC[C@]12CC[C@@](C)(O)C[C@H]1CC[C@@H]1C2CC[C@@]2(C)C1CC[C@@H]2C(=O)CN1NNc2ccc(Cl)c(F)c21. The quantitative estimate of drug-likeness (QED) is 0.448. The summed E-state index contributed by atoms with van der Waals surface area (Å²) in [6.07, 6.45) is 9.25. The molecule has 0 spiro atoms. The Hall–Kier alpha value is -1.41. The van der Waals surface area contributed by atoms with Crippen molar-refractivity contribution in [3.63, 3.8) is 0 Å². The summed E-state index contributed by atoms with van der Waals surface area (Å²) in [5, 5.41) is 12.5. The van der Waals surface area contributed by atoms with Gasteiger partial charge < -0.3 is 15.3 Å². The summed E-state index contributed by atoms with van der Waals surface area (Å²) in [4.78, 5) is 13.8. The van der Waals surface area contributed by atoms with Gasteiger partial charge in [0.2, 0.25) is 0 Å². The Morgan fingerprint density at radius 1 is 1.16 bits per heavy atom. The number of anilines is 2. The van der Waals surface area contributed by atoms with Crippen LogP contribution in [0, 0.1) is 46.2 Å². The first-order valence-corrected chi connectivity index (χ1v) is 14.5. The van der Waals surface area contributed by atoms with Crippen LogP contribution in [0.2, 0.25) is 5.02 Å². The number of ether oxygens (including phenoxy) is 1. The zero-order chi connectivity index (χ0) is 26.2. The molecule has 2 unspecified atom stereocenters. The molecule has 1 heterocycles. The summed E-state index contributed by atoms with van der Waals surface area (Å²) in [5.41, 5.74) is 6.39. The topological polar surface area (TPSA) is 73.8 Å². The van der Waals surface area contributed by atoms with Crippen molar-refractivity contribution >= 4 is 28.8 Å². The molecule has 0 radical (unpaired) electrons. The van der Waals surface area contributed by atoms with Crippen LogP contribution in [-0.2, 0) is 9.53 Å². The molecular weight excluding hydrogens is 493 g/mol. The Kier molecular flexibility index (Phi) is 6.34. The van der Waals surface area contributed by atoms with E-state index in [1.807, 2.05) is 14.0 Å². The molecule has 0 aromatic heterocycles. The summed E-state index contributed by atoms with van der Waals surface area (Å²) in [5.74, 6) is 1.90. The number of ketones is 1. The van der Waals surface area contributed by atoms with Crippen molar-refractivity contribution in [2.75, 3.05) is 30.7 Å². The van der Waals surface area contributed by atoms with Crippen molar-refractivity contribution in [3.05, 3.63) is 23.0 Å². The Bertz CT molecular complexity index is 1080. The van der Waals surface area contributed by atoms with E-state index in [2.05, 4.69) is 17.9 Å². The van der Waals surface area contributed by atoms with Gasteiger partial charge in [0, 0.05) is 13.0 Å². The maximum absolute atomic E-state index is 14.8. The second-order valence-corrected chi connectivity index (χ2v) is 13.6. The van der Waals surface area contributed by atoms with E-state index >= 15 is 0 Å². The van der Waals surface area contributed by atoms with Crippen molar-refractivity contribution in [2.24, 2.45) is 40.4 Å². The molecule has 4 saturated carbocycles. The van der Waals surface area contributed by atoms with Crippen LogP contribution in [0.3, 0.4) is 0 Å². The molecule has 6 rings (SSSR count). The fourth-order valence-electron chi connectivity index (χ4n) is 9.79. The van der Waals surface area contributed by atoms with Crippen molar-refractivity contribution < 1.29 is 19.0 Å². The van der Waals surface area contributed by atoms with E-state index < -0.39 is 11.4 Å². The van der Waals surface area contributed by atoms with Crippen LogP contribution in [0.5, 0.6) is 0 Å². The predicted octanol–water partition coefficient (Wildman–Crippen LogP) is 5.74. The lowest BCUT2D eigenvalue weighted by Crippen LogP contribution is -2.58. The van der Waals surface area contributed by atoms with Crippen LogP contribution >= 0.6 is 11.6 Å². The molecule has 204 valence electrons. The van der Waals surface area contributed by atoms with Crippen LogP contribution in [0.4, 0.5) is 15.8 Å². The molecule has 0 amide bonds.